The SMILES string of the molecule is Cc1cc(C)c(Oc2ncccc2CN)c([N+](=O)[O-])c1. The minimum absolute atomic E-state index is 0.0730. The molecule has 0 saturated heterocycles. The van der Waals surface area contributed by atoms with Crippen molar-refractivity contribution in [1.82, 2.24) is 4.98 Å². The van der Waals surface area contributed by atoms with E-state index in [4.69, 9.17) is 10.5 Å². The van der Waals surface area contributed by atoms with Gasteiger partial charge in [0.05, 0.1) is 4.92 Å². The number of rotatable bonds is 4. The van der Waals surface area contributed by atoms with Crippen LogP contribution in [0, 0.1) is 24.0 Å². The first-order chi connectivity index (χ1) is 9.52. The lowest BCUT2D eigenvalue weighted by Gasteiger charge is -2.11. The molecule has 6 nitrogen and oxygen atoms in total. The average Bonchev–Trinajstić information content (AvgIpc) is 2.41. The fourth-order valence-electron chi connectivity index (χ4n) is 1.97. The van der Waals surface area contributed by atoms with Crippen molar-refractivity contribution >= 4 is 5.69 Å². The zero-order valence-corrected chi connectivity index (χ0v) is 11.3. The molecule has 0 saturated carbocycles. The Kier molecular flexibility index (Phi) is 3.95. The van der Waals surface area contributed by atoms with Crippen LogP contribution < -0.4 is 10.5 Å². The summed E-state index contributed by atoms with van der Waals surface area (Å²) < 4.78 is 5.65. The second-order valence-electron chi connectivity index (χ2n) is 4.46. The van der Waals surface area contributed by atoms with E-state index in [1.54, 1.807) is 32.2 Å². The maximum Gasteiger partial charge on any atom is 0.312 e. The van der Waals surface area contributed by atoms with Crippen LogP contribution in [0.15, 0.2) is 30.5 Å². The van der Waals surface area contributed by atoms with Crippen LogP contribution in [0.3, 0.4) is 0 Å². The summed E-state index contributed by atoms with van der Waals surface area (Å²) in [5, 5.41) is 11.2. The molecule has 2 aromatic rings. The Labute approximate surface area is 116 Å². The van der Waals surface area contributed by atoms with Crippen molar-refractivity contribution in [2.45, 2.75) is 20.4 Å². The first kappa shape index (κ1) is 14.0. The third kappa shape index (κ3) is 2.75. The summed E-state index contributed by atoms with van der Waals surface area (Å²) >= 11 is 0. The molecule has 6 heteroatoms. The lowest BCUT2D eigenvalue weighted by molar-refractivity contribution is -0.385. The Morgan fingerprint density at radius 2 is 2.15 bits per heavy atom. The summed E-state index contributed by atoms with van der Waals surface area (Å²) in [6.07, 6.45) is 1.56. The highest BCUT2D eigenvalue weighted by Gasteiger charge is 2.20. The third-order valence-corrected chi connectivity index (χ3v) is 2.86. The molecule has 1 aromatic heterocycles. The van der Waals surface area contributed by atoms with Crippen LogP contribution in [-0.4, -0.2) is 9.91 Å². The summed E-state index contributed by atoms with van der Waals surface area (Å²) in [6.45, 7) is 3.82. The van der Waals surface area contributed by atoms with Crippen molar-refractivity contribution in [3.63, 3.8) is 0 Å². The van der Waals surface area contributed by atoms with E-state index in [1.165, 1.54) is 6.07 Å². The van der Waals surface area contributed by atoms with Gasteiger partial charge in [-0.2, -0.15) is 0 Å². The van der Waals surface area contributed by atoms with E-state index in [-0.39, 0.29) is 18.0 Å². The Bertz CT molecular complexity index is 656. The van der Waals surface area contributed by atoms with Gasteiger partial charge in [-0.3, -0.25) is 10.1 Å². The number of hydrogen-bond donors (Lipinski definition) is 1. The van der Waals surface area contributed by atoms with E-state index < -0.39 is 4.92 Å². The number of hydrogen-bond acceptors (Lipinski definition) is 5. The predicted octanol–water partition coefficient (Wildman–Crippen LogP) is 2.86. The predicted molar refractivity (Wildman–Crippen MR) is 74.8 cm³/mol. The summed E-state index contributed by atoms with van der Waals surface area (Å²) in [5.41, 5.74) is 7.73. The van der Waals surface area contributed by atoms with Gasteiger partial charge in [-0.15, -0.1) is 0 Å². The summed E-state index contributed by atoms with van der Waals surface area (Å²) in [5.74, 6) is 0.499. The molecular formula is C14H15N3O3. The molecule has 20 heavy (non-hydrogen) atoms. The largest absolute Gasteiger partial charge is 0.431 e. The Balaban J connectivity index is 2.50. The van der Waals surface area contributed by atoms with Gasteiger partial charge in [0.15, 0.2) is 0 Å². The molecule has 1 heterocycles. The number of nitrogens with zero attached hydrogens (tertiary/aromatic N) is 2. The van der Waals surface area contributed by atoms with Crippen molar-refractivity contribution in [2.24, 2.45) is 5.73 Å². The van der Waals surface area contributed by atoms with Gasteiger partial charge in [-0.1, -0.05) is 12.1 Å². The van der Waals surface area contributed by atoms with Crippen molar-refractivity contribution in [2.75, 3.05) is 0 Å². The lowest BCUT2D eigenvalue weighted by atomic mass is 10.1. The summed E-state index contributed by atoms with van der Waals surface area (Å²) in [7, 11) is 0. The van der Waals surface area contributed by atoms with Crippen LogP contribution in [0.2, 0.25) is 0 Å². The molecule has 2 rings (SSSR count). The molecule has 0 aliphatic carbocycles. The lowest BCUT2D eigenvalue weighted by Crippen LogP contribution is -2.03. The van der Waals surface area contributed by atoms with E-state index in [1.807, 2.05) is 6.07 Å². The van der Waals surface area contributed by atoms with E-state index in [9.17, 15) is 10.1 Å². The van der Waals surface area contributed by atoms with Gasteiger partial charge in [0, 0.05) is 24.4 Å². The number of nitro groups is 1. The molecule has 0 atom stereocenters. The molecule has 0 bridgehead atoms. The molecule has 2 N–H and O–H groups in total. The molecule has 0 fully saturated rings. The zero-order valence-electron chi connectivity index (χ0n) is 11.3. The number of ether oxygens (including phenoxy) is 1. The molecular weight excluding hydrogens is 258 g/mol. The van der Waals surface area contributed by atoms with Gasteiger partial charge in [-0.05, 0) is 31.0 Å². The first-order valence-corrected chi connectivity index (χ1v) is 6.10. The second kappa shape index (κ2) is 5.66. The van der Waals surface area contributed by atoms with Crippen LogP contribution in [0.1, 0.15) is 16.7 Å². The Morgan fingerprint density at radius 1 is 1.40 bits per heavy atom. The Morgan fingerprint density at radius 3 is 2.80 bits per heavy atom. The van der Waals surface area contributed by atoms with Crippen molar-refractivity contribution < 1.29 is 9.66 Å². The number of benzene rings is 1. The Hall–Kier alpha value is -2.47. The third-order valence-electron chi connectivity index (χ3n) is 2.86. The van der Waals surface area contributed by atoms with Crippen LogP contribution in [0.5, 0.6) is 11.6 Å². The summed E-state index contributed by atoms with van der Waals surface area (Å²) in [4.78, 5) is 14.8. The number of nitro benzene ring substituents is 1. The van der Waals surface area contributed by atoms with Crippen LogP contribution in [-0.2, 0) is 6.54 Å². The van der Waals surface area contributed by atoms with Gasteiger partial charge >= 0.3 is 5.69 Å². The average molecular weight is 273 g/mol. The topological polar surface area (TPSA) is 91.3 Å². The fourth-order valence-corrected chi connectivity index (χ4v) is 1.97. The molecule has 0 spiro atoms. The number of aryl methyl sites for hydroxylation is 2. The molecule has 0 aliphatic rings. The van der Waals surface area contributed by atoms with E-state index in [0.29, 0.717) is 17.0 Å². The molecule has 0 radical (unpaired) electrons. The van der Waals surface area contributed by atoms with Gasteiger partial charge in [0.1, 0.15) is 0 Å². The normalized spacial score (nSPS) is 10.3. The second-order valence-corrected chi connectivity index (χ2v) is 4.46. The highest BCUT2D eigenvalue weighted by atomic mass is 16.6. The quantitative estimate of drug-likeness (QED) is 0.683. The van der Waals surface area contributed by atoms with E-state index >= 15 is 0 Å². The fraction of sp³-hybridized carbons (Fsp3) is 0.214. The van der Waals surface area contributed by atoms with Crippen molar-refractivity contribution in [1.29, 1.82) is 0 Å². The summed E-state index contributed by atoms with van der Waals surface area (Å²) in [6, 6.07) is 6.82. The number of nitrogens with two attached hydrogens (primary N) is 1. The van der Waals surface area contributed by atoms with Gasteiger partial charge in [0.25, 0.3) is 0 Å². The molecule has 0 unspecified atom stereocenters. The van der Waals surface area contributed by atoms with Crippen LogP contribution in [0.25, 0.3) is 0 Å². The van der Waals surface area contributed by atoms with E-state index in [2.05, 4.69) is 4.98 Å². The van der Waals surface area contributed by atoms with Gasteiger partial charge in [0.2, 0.25) is 11.6 Å². The van der Waals surface area contributed by atoms with Crippen molar-refractivity contribution in [3.8, 4) is 11.6 Å². The highest BCUT2D eigenvalue weighted by molar-refractivity contribution is 5.55. The molecule has 104 valence electrons. The van der Waals surface area contributed by atoms with Crippen molar-refractivity contribution in [3.05, 3.63) is 57.3 Å². The minimum atomic E-state index is -0.458. The van der Waals surface area contributed by atoms with Gasteiger partial charge in [-0.25, -0.2) is 4.98 Å². The van der Waals surface area contributed by atoms with E-state index in [0.717, 1.165) is 5.56 Å². The number of pyridine rings is 1. The van der Waals surface area contributed by atoms with Crippen LogP contribution >= 0.6 is 0 Å². The number of aromatic nitrogens is 1. The zero-order chi connectivity index (χ0) is 14.7. The van der Waals surface area contributed by atoms with Gasteiger partial charge < -0.3 is 10.5 Å². The van der Waals surface area contributed by atoms with Crippen LogP contribution in [0.4, 0.5) is 5.69 Å². The minimum Gasteiger partial charge on any atom is -0.431 e. The maximum atomic E-state index is 11.2. The maximum absolute atomic E-state index is 11.2. The molecule has 0 amide bonds. The first-order valence-electron chi connectivity index (χ1n) is 6.10. The monoisotopic (exact) mass is 273 g/mol. The highest BCUT2D eigenvalue weighted by Crippen LogP contribution is 2.35. The standard InChI is InChI=1S/C14H15N3O3/c1-9-6-10(2)13(12(7-9)17(18)19)20-14-11(8-15)4-3-5-16-14/h3-7H,8,15H2,1-2H3. The smallest absolute Gasteiger partial charge is 0.312 e. The molecule has 1 aromatic carbocycles. The molecule has 0 aliphatic heterocycles.